The van der Waals surface area contributed by atoms with Gasteiger partial charge in [0.2, 0.25) is 5.52 Å². The lowest BCUT2D eigenvalue weighted by Gasteiger charge is -2.09. The first kappa shape index (κ1) is 15.3. The fourth-order valence-corrected chi connectivity index (χ4v) is 3.22. The Bertz CT molecular complexity index is 1120. The number of hydrogen-bond acceptors (Lipinski definition) is 4. The second-order valence-corrected chi connectivity index (χ2v) is 5.80. The van der Waals surface area contributed by atoms with E-state index in [9.17, 15) is 5.11 Å². The predicted octanol–water partition coefficient (Wildman–Crippen LogP) is 3.46. The zero-order valence-electron chi connectivity index (χ0n) is 14.2. The van der Waals surface area contributed by atoms with Crippen molar-refractivity contribution in [1.82, 2.24) is 0 Å². The number of rotatable bonds is 3. The monoisotopic (exact) mass is 336 g/mol. The van der Waals surface area contributed by atoms with Crippen LogP contribution in [0.3, 0.4) is 0 Å². The van der Waals surface area contributed by atoms with Crippen LogP contribution in [-0.2, 0) is 0 Å². The Balaban J connectivity index is 2.10. The van der Waals surface area contributed by atoms with E-state index >= 15 is 0 Å². The summed E-state index contributed by atoms with van der Waals surface area (Å²) in [5.41, 5.74) is 1.01. The Morgan fingerprint density at radius 3 is 2.16 bits per heavy atom. The molecule has 0 bridgehead atoms. The van der Waals surface area contributed by atoms with Crippen LogP contribution in [0.2, 0.25) is 0 Å². The van der Waals surface area contributed by atoms with Gasteiger partial charge in [-0.1, -0.05) is 0 Å². The normalized spacial score (nSPS) is 11.2. The molecule has 0 saturated heterocycles. The highest BCUT2D eigenvalue weighted by atomic mass is 16.5. The van der Waals surface area contributed by atoms with Crippen LogP contribution in [0.5, 0.6) is 23.0 Å². The summed E-state index contributed by atoms with van der Waals surface area (Å²) in [7, 11) is 4.80. The summed E-state index contributed by atoms with van der Waals surface area (Å²) in [5.74, 6) is 1.98. The summed E-state index contributed by atoms with van der Waals surface area (Å²) in [6.07, 6.45) is 3.86. The zero-order chi connectivity index (χ0) is 17.6. The van der Waals surface area contributed by atoms with Crippen molar-refractivity contribution < 1.29 is 23.7 Å². The van der Waals surface area contributed by atoms with E-state index in [0.717, 1.165) is 27.1 Å². The Labute approximate surface area is 144 Å². The maximum atomic E-state index is 10.4. The number of hydrogen-bond donors (Lipinski definition) is 1. The topological polar surface area (TPSA) is 52.0 Å². The standard InChI is InChI=1S/C20H17NO4/c1-23-17-5-4-12-8-16-14-10-19(25-3)18(24-2)9-13(14)6-7-21(16)11-15(12)20(17)22/h4-11H,1-3H3/p+1. The summed E-state index contributed by atoms with van der Waals surface area (Å²) < 4.78 is 18.0. The smallest absolute Gasteiger partial charge is 0.219 e. The molecule has 126 valence electrons. The van der Waals surface area contributed by atoms with E-state index in [1.165, 1.54) is 0 Å². The Kier molecular flexibility index (Phi) is 3.50. The maximum absolute atomic E-state index is 10.4. The number of ether oxygens (including phenoxy) is 3. The number of methoxy groups -OCH3 is 3. The van der Waals surface area contributed by atoms with Gasteiger partial charge in [0.05, 0.1) is 32.1 Å². The highest BCUT2D eigenvalue weighted by molar-refractivity contribution is 6.00. The van der Waals surface area contributed by atoms with Crippen LogP contribution in [0.15, 0.2) is 48.8 Å². The highest BCUT2D eigenvalue weighted by Gasteiger charge is 2.16. The third kappa shape index (κ3) is 2.28. The van der Waals surface area contributed by atoms with E-state index in [-0.39, 0.29) is 5.75 Å². The van der Waals surface area contributed by atoms with Gasteiger partial charge >= 0.3 is 0 Å². The van der Waals surface area contributed by atoms with Crippen molar-refractivity contribution >= 4 is 27.1 Å². The van der Waals surface area contributed by atoms with Crippen LogP contribution in [0.4, 0.5) is 0 Å². The SMILES string of the molecule is COc1cc2cc[n+]3cc4c(O)c(OC)ccc4cc3c2cc1OC. The second kappa shape index (κ2) is 5.70. The fraction of sp³-hybridized carbons (Fsp3) is 0.150. The van der Waals surface area contributed by atoms with Gasteiger partial charge in [-0.15, -0.1) is 0 Å². The van der Waals surface area contributed by atoms with E-state index in [1.54, 1.807) is 27.4 Å². The molecule has 0 amide bonds. The molecular formula is C20H18NO4+. The number of aromatic nitrogens is 1. The number of phenols is 1. The maximum Gasteiger partial charge on any atom is 0.219 e. The van der Waals surface area contributed by atoms with Crippen LogP contribution in [0, 0.1) is 0 Å². The predicted molar refractivity (Wildman–Crippen MR) is 95.9 cm³/mol. The van der Waals surface area contributed by atoms with E-state index in [2.05, 4.69) is 0 Å². The minimum absolute atomic E-state index is 0.141. The van der Waals surface area contributed by atoms with Gasteiger partial charge in [0, 0.05) is 12.1 Å². The molecule has 0 aliphatic heterocycles. The van der Waals surface area contributed by atoms with Gasteiger partial charge in [0.15, 0.2) is 35.4 Å². The summed E-state index contributed by atoms with van der Waals surface area (Å²) in [5, 5.41) is 14.2. The first-order valence-electron chi connectivity index (χ1n) is 7.85. The summed E-state index contributed by atoms with van der Waals surface area (Å²) >= 11 is 0. The number of benzene rings is 2. The van der Waals surface area contributed by atoms with Gasteiger partial charge < -0.3 is 19.3 Å². The average molecular weight is 336 g/mol. The van der Waals surface area contributed by atoms with Crippen molar-refractivity contribution in [3.63, 3.8) is 0 Å². The fourth-order valence-electron chi connectivity index (χ4n) is 3.22. The van der Waals surface area contributed by atoms with Crippen LogP contribution < -0.4 is 18.6 Å². The second-order valence-electron chi connectivity index (χ2n) is 5.80. The number of aromatic hydroxyl groups is 1. The van der Waals surface area contributed by atoms with Gasteiger partial charge in [-0.25, -0.2) is 0 Å². The van der Waals surface area contributed by atoms with E-state index < -0.39 is 0 Å². The van der Waals surface area contributed by atoms with Crippen molar-refractivity contribution in [1.29, 1.82) is 0 Å². The third-order valence-electron chi connectivity index (χ3n) is 4.52. The molecule has 0 atom stereocenters. The molecule has 0 unspecified atom stereocenters. The minimum Gasteiger partial charge on any atom is -0.504 e. The highest BCUT2D eigenvalue weighted by Crippen LogP contribution is 2.36. The molecule has 0 radical (unpaired) electrons. The molecule has 0 saturated carbocycles. The quantitative estimate of drug-likeness (QED) is 0.354. The molecule has 1 N–H and O–H groups in total. The van der Waals surface area contributed by atoms with Crippen molar-refractivity contribution in [2.75, 3.05) is 21.3 Å². The largest absolute Gasteiger partial charge is 0.504 e. The molecule has 2 aromatic carbocycles. The lowest BCUT2D eigenvalue weighted by atomic mass is 10.1. The summed E-state index contributed by atoms with van der Waals surface area (Å²) in [6.45, 7) is 0. The lowest BCUT2D eigenvalue weighted by Crippen LogP contribution is -2.20. The van der Waals surface area contributed by atoms with Gasteiger partial charge in [0.1, 0.15) is 0 Å². The van der Waals surface area contributed by atoms with Crippen molar-refractivity contribution in [2.45, 2.75) is 0 Å². The Hall–Kier alpha value is -3.21. The van der Waals surface area contributed by atoms with Crippen LogP contribution in [0.25, 0.3) is 27.1 Å². The number of fused-ring (bicyclic) bond motifs is 4. The van der Waals surface area contributed by atoms with E-state index in [4.69, 9.17) is 14.2 Å². The van der Waals surface area contributed by atoms with Crippen molar-refractivity contribution in [3.05, 3.63) is 48.8 Å². The Morgan fingerprint density at radius 2 is 1.44 bits per heavy atom. The van der Waals surface area contributed by atoms with Gasteiger partial charge in [-0.3, -0.25) is 0 Å². The molecule has 2 heterocycles. The molecular weight excluding hydrogens is 318 g/mol. The van der Waals surface area contributed by atoms with Gasteiger partial charge in [0.25, 0.3) is 0 Å². The number of nitrogens with zero attached hydrogens (tertiary/aromatic N) is 1. The molecule has 25 heavy (non-hydrogen) atoms. The van der Waals surface area contributed by atoms with Crippen molar-refractivity contribution in [3.8, 4) is 23.0 Å². The molecule has 0 fully saturated rings. The van der Waals surface area contributed by atoms with Crippen LogP contribution in [-0.4, -0.2) is 26.4 Å². The van der Waals surface area contributed by atoms with Crippen LogP contribution in [0.1, 0.15) is 0 Å². The van der Waals surface area contributed by atoms with Gasteiger partial charge in [-0.05, 0) is 35.0 Å². The van der Waals surface area contributed by atoms with Crippen LogP contribution >= 0.6 is 0 Å². The molecule has 5 heteroatoms. The lowest BCUT2D eigenvalue weighted by molar-refractivity contribution is -0.509. The van der Waals surface area contributed by atoms with Gasteiger partial charge in [-0.2, -0.15) is 4.40 Å². The third-order valence-corrected chi connectivity index (χ3v) is 4.52. The summed E-state index contributed by atoms with van der Waals surface area (Å²) in [4.78, 5) is 0. The molecule has 4 rings (SSSR count). The molecule has 4 aromatic rings. The Morgan fingerprint density at radius 1 is 0.760 bits per heavy atom. The number of phenolic OH excluding ortho intramolecular Hbond substituents is 1. The minimum atomic E-state index is 0.141. The molecule has 0 aliphatic carbocycles. The summed E-state index contributed by atoms with van der Waals surface area (Å²) in [6, 6.07) is 11.7. The molecule has 5 nitrogen and oxygen atoms in total. The number of pyridine rings is 2. The van der Waals surface area contributed by atoms with E-state index in [0.29, 0.717) is 17.2 Å². The van der Waals surface area contributed by atoms with Crippen molar-refractivity contribution in [2.24, 2.45) is 0 Å². The molecule has 0 aliphatic rings. The average Bonchev–Trinajstić information content (AvgIpc) is 2.66. The first-order valence-corrected chi connectivity index (χ1v) is 7.85. The first-order chi connectivity index (χ1) is 12.2. The molecule has 0 spiro atoms. The zero-order valence-corrected chi connectivity index (χ0v) is 14.2. The van der Waals surface area contributed by atoms with E-state index in [1.807, 2.05) is 47.1 Å². The molecule has 2 aromatic heterocycles.